The summed E-state index contributed by atoms with van der Waals surface area (Å²) >= 11 is 1.65. The standard InChI is InChI=1S/C14H12N2S/c1-3-7-11(8-4-1)13-15-16-14(17-13)12-9-5-2-6-10-12/h1,3-5,7-10H,2,6H2. The van der Waals surface area contributed by atoms with E-state index in [2.05, 4.69) is 40.6 Å². The van der Waals surface area contributed by atoms with Gasteiger partial charge in [-0.3, -0.25) is 0 Å². The fourth-order valence-electron chi connectivity index (χ4n) is 1.81. The van der Waals surface area contributed by atoms with Gasteiger partial charge in [0.25, 0.3) is 0 Å². The van der Waals surface area contributed by atoms with Crippen molar-refractivity contribution >= 4 is 16.9 Å². The molecule has 84 valence electrons. The van der Waals surface area contributed by atoms with Crippen molar-refractivity contribution in [2.45, 2.75) is 12.8 Å². The van der Waals surface area contributed by atoms with Gasteiger partial charge in [0.15, 0.2) is 0 Å². The molecule has 1 aliphatic rings. The molecule has 0 saturated carbocycles. The van der Waals surface area contributed by atoms with Crippen molar-refractivity contribution in [1.29, 1.82) is 0 Å². The van der Waals surface area contributed by atoms with Crippen LogP contribution in [0.2, 0.25) is 0 Å². The summed E-state index contributed by atoms with van der Waals surface area (Å²) < 4.78 is 0. The van der Waals surface area contributed by atoms with Gasteiger partial charge < -0.3 is 0 Å². The molecular weight excluding hydrogens is 228 g/mol. The second-order valence-corrected chi connectivity index (χ2v) is 4.90. The molecule has 2 nitrogen and oxygen atoms in total. The zero-order valence-electron chi connectivity index (χ0n) is 9.34. The Morgan fingerprint density at radius 3 is 2.53 bits per heavy atom. The summed E-state index contributed by atoms with van der Waals surface area (Å²) in [6, 6.07) is 10.2. The second kappa shape index (κ2) is 4.63. The minimum absolute atomic E-state index is 0.987. The van der Waals surface area contributed by atoms with E-state index in [1.54, 1.807) is 11.3 Å². The van der Waals surface area contributed by atoms with Crippen molar-refractivity contribution in [2.75, 3.05) is 0 Å². The average molecular weight is 240 g/mol. The Balaban J connectivity index is 1.93. The molecule has 0 N–H and O–H groups in total. The van der Waals surface area contributed by atoms with Crippen LogP contribution in [-0.4, -0.2) is 10.2 Å². The highest BCUT2D eigenvalue weighted by Gasteiger charge is 2.09. The quantitative estimate of drug-likeness (QED) is 0.794. The van der Waals surface area contributed by atoms with E-state index in [1.807, 2.05) is 18.2 Å². The van der Waals surface area contributed by atoms with Crippen LogP contribution in [0.5, 0.6) is 0 Å². The van der Waals surface area contributed by atoms with E-state index in [1.165, 1.54) is 5.57 Å². The Labute approximate surface area is 104 Å². The molecule has 1 heterocycles. The van der Waals surface area contributed by atoms with E-state index in [0.29, 0.717) is 0 Å². The Hall–Kier alpha value is -1.74. The minimum atomic E-state index is 0.987. The molecule has 0 fully saturated rings. The van der Waals surface area contributed by atoms with Crippen LogP contribution >= 0.6 is 11.3 Å². The zero-order valence-corrected chi connectivity index (χ0v) is 10.2. The maximum atomic E-state index is 4.27. The maximum absolute atomic E-state index is 4.27. The zero-order chi connectivity index (χ0) is 11.5. The smallest absolute Gasteiger partial charge is 0.138 e. The lowest BCUT2D eigenvalue weighted by Gasteiger charge is -2.01. The molecule has 2 aromatic rings. The number of nitrogens with zero attached hydrogens (tertiary/aromatic N) is 2. The number of hydrogen-bond acceptors (Lipinski definition) is 3. The van der Waals surface area contributed by atoms with Crippen LogP contribution in [0.3, 0.4) is 0 Å². The molecule has 0 radical (unpaired) electrons. The molecule has 0 atom stereocenters. The molecule has 3 rings (SSSR count). The molecule has 17 heavy (non-hydrogen) atoms. The van der Waals surface area contributed by atoms with Crippen molar-refractivity contribution < 1.29 is 0 Å². The Bertz CT molecular complexity index is 567. The summed E-state index contributed by atoms with van der Waals surface area (Å²) in [6.07, 6.45) is 8.80. The van der Waals surface area contributed by atoms with Crippen LogP contribution in [0.4, 0.5) is 0 Å². The lowest BCUT2D eigenvalue weighted by Crippen LogP contribution is -1.84. The highest BCUT2D eigenvalue weighted by Crippen LogP contribution is 2.29. The van der Waals surface area contributed by atoms with Crippen molar-refractivity contribution in [1.82, 2.24) is 10.2 Å². The van der Waals surface area contributed by atoms with Gasteiger partial charge in [-0.05, 0) is 12.8 Å². The number of hydrogen-bond donors (Lipinski definition) is 0. The fourth-order valence-corrected chi connectivity index (χ4v) is 2.68. The van der Waals surface area contributed by atoms with Gasteiger partial charge in [-0.25, -0.2) is 0 Å². The molecule has 1 aliphatic carbocycles. The molecule has 0 aliphatic heterocycles. The predicted octanol–water partition coefficient (Wildman–Crippen LogP) is 3.94. The summed E-state index contributed by atoms with van der Waals surface area (Å²) in [5.41, 5.74) is 2.34. The number of aromatic nitrogens is 2. The van der Waals surface area contributed by atoms with Crippen LogP contribution in [-0.2, 0) is 0 Å². The van der Waals surface area contributed by atoms with Gasteiger partial charge >= 0.3 is 0 Å². The fraction of sp³-hybridized carbons (Fsp3) is 0.143. The van der Waals surface area contributed by atoms with E-state index in [-0.39, 0.29) is 0 Å². The highest BCUT2D eigenvalue weighted by atomic mass is 32.1. The van der Waals surface area contributed by atoms with Gasteiger partial charge in [0.1, 0.15) is 10.0 Å². The summed E-state index contributed by atoms with van der Waals surface area (Å²) in [6.45, 7) is 0. The van der Waals surface area contributed by atoms with Crippen LogP contribution in [0.1, 0.15) is 17.8 Å². The summed E-state index contributed by atoms with van der Waals surface area (Å²) in [7, 11) is 0. The van der Waals surface area contributed by atoms with Gasteiger partial charge in [-0.15, -0.1) is 10.2 Å². The van der Waals surface area contributed by atoms with Crippen molar-refractivity contribution in [3.05, 3.63) is 53.6 Å². The van der Waals surface area contributed by atoms with Gasteiger partial charge in [0.2, 0.25) is 0 Å². The van der Waals surface area contributed by atoms with Crippen LogP contribution in [0.15, 0.2) is 48.6 Å². The number of allylic oxidation sites excluding steroid dienone is 4. The van der Waals surface area contributed by atoms with E-state index in [9.17, 15) is 0 Å². The van der Waals surface area contributed by atoms with E-state index in [4.69, 9.17) is 0 Å². The van der Waals surface area contributed by atoms with Gasteiger partial charge in [0, 0.05) is 11.1 Å². The molecule has 0 amide bonds. The van der Waals surface area contributed by atoms with E-state index >= 15 is 0 Å². The van der Waals surface area contributed by atoms with Crippen molar-refractivity contribution in [3.63, 3.8) is 0 Å². The molecule has 1 aromatic carbocycles. The van der Waals surface area contributed by atoms with Crippen molar-refractivity contribution in [2.24, 2.45) is 0 Å². The summed E-state index contributed by atoms with van der Waals surface area (Å²) in [5.74, 6) is 0. The highest BCUT2D eigenvalue weighted by molar-refractivity contribution is 7.15. The number of rotatable bonds is 2. The first-order valence-electron chi connectivity index (χ1n) is 5.69. The molecule has 0 saturated heterocycles. The first kappa shape index (κ1) is 10.4. The van der Waals surface area contributed by atoms with Gasteiger partial charge in [-0.2, -0.15) is 0 Å². The largest absolute Gasteiger partial charge is 0.148 e. The summed E-state index contributed by atoms with van der Waals surface area (Å²) in [5, 5.41) is 10.5. The van der Waals surface area contributed by atoms with E-state index in [0.717, 1.165) is 28.4 Å². The normalized spacial score (nSPS) is 14.7. The average Bonchev–Trinajstić information content (AvgIpc) is 2.90. The third-order valence-corrected chi connectivity index (χ3v) is 3.71. The van der Waals surface area contributed by atoms with E-state index < -0.39 is 0 Å². The summed E-state index contributed by atoms with van der Waals surface area (Å²) in [4.78, 5) is 0. The SMILES string of the molecule is C1=CC(c2nnc(-c3ccccc3)s2)=CCC1. The minimum Gasteiger partial charge on any atom is -0.138 e. The maximum Gasteiger partial charge on any atom is 0.148 e. The van der Waals surface area contributed by atoms with Gasteiger partial charge in [0.05, 0.1) is 0 Å². The lowest BCUT2D eigenvalue weighted by molar-refractivity contribution is 1.03. The second-order valence-electron chi connectivity index (χ2n) is 3.92. The third-order valence-electron chi connectivity index (χ3n) is 2.69. The Morgan fingerprint density at radius 1 is 0.941 bits per heavy atom. The Morgan fingerprint density at radius 2 is 1.76 bits per heavy atom. The first-order chi connectivity index (χ1) is 8.43. The molecular formula is C14H12N2S. The first-order valence-corrected chi connectivity index (χ1v) is 6.51. The van der Waals surface area contributed by atoms with Crippen molar-refractivity contribution in [3.8, 4) is 10.6 Å². The van der Waals surface area contributed by atoms with Crippen LogP contribution in [0, 0.1) is 0 Å². The lowest BCUT2D eigenvalue weighted by atomic mass is 10.1. The van der Waals surface area contributed by atoms with Crippen LogP contribution < -0.4 is 0 Å². The molecule has 0 unspecified atom stereocenters. The third kappa shape index (κ3) is 2.19. The van der Waals surface area contributed by atoms with Crippen LogP contribution in [0.25, 0.3) is 16.1 Å². The molecule has 0 spiro atoms. The predicted molar refractivity (Wildman–Crippen MR) is 71.7 cm³/mol. The molecule has 0 bridgehead atoms. The number of benzene rings is 1. The monoisotopic (exact) mass is 240 g/mol. The topological polar surface area (TPSA) is 25.8 Å². The Kier molecular flexibility index (Phi) is 2.84. The molecule has 1 aromatic heterocycles. The van der Waals surface area contributed by atoms with Gasteiger partial charge in [-0.1, -0.05) is 59.9 Å². The molecule has 3 heteroatoms.